The van der Waals surface area contributed by atoms with Gasteiger partial charge in [0.15, 0.2) is 0 Å². The van der Waals surface area contributed by atoms with Crippen molar-refractivity contribution in [2.24, 2.45) is 0 Å². The summed E-state index contributed by atoms with van der Waals surface area (Å²) in [4.78, 5) is 12.1. The SMILES string of the molecule is CC(C)c1cc(C(=O)NCc2nnc(-c3ccccc3)s2)n[nH]1. The lowest BCUT2D eigenvalue weighted by molar-refractivity contribution is 0.0946. The van der Waals surface area contributed by atoms with Crippen molar-refractivity contribution in [1.29, 1.82) is 0 Å². The molecule has 1 amide bonds. The van der Waals surface area contributed by atoms with Crippen LogP contribution in [0.3, 0.4) is 0 Å². The molecule has 0 saturated heterocycles. The molecule has 0 atom stereocenters. The van der Waals surface area contributed by atoms with Crippen LogP contribution in [0.2, 0.25) is 0 Å². The molecule has 2 aromatic heterocycles. The van der Waals surface area contributed by atoms with Crippen LogP contribution in [-0.4, -0.2) is 26.3 Å². The van der Waals surface area contributed by atoms with E-state index < -0.39 is 0 Å². The fraction of sp³-hybridized carbons (Fsp3) is 0.250. The Bertz CT molecular complexity index is 794. The van der Waals surface area contributed by atoms with Crippen molar-refractivity contribution in [2.45, 2.75) is 26.3 Å². The number of rotatable bonds is 5. The van der Waals surface area contributed by atoms with Gasteiger partial charge in [0.2, 0.25) is 0 Å². The first-order valence-electron chi connectivity index (χ1n) is 7.35. The molecule has 0 aliphatic heterocycles. The number of carbonyl (C=O) groups excluding carboxylic acids is 1. The Balaban J connectivity index is 1.62. The first-order valence-corrected chi connectivity index (χ1v) is 8.16. The average Bonchev–Trinajstić information content (AvgIpc) is 3.23. The Morgan fingerprint density at radius 2 is 2.04 bits per heavy atom. The zero-order chi connectivity index (χ0) is 16.2. The second-order valence-corrected chi connectivity index (χ2v) is 6.47. The second kappa shape index (κ2) is 6.70. The molecule has 3 aromatic rings. The van der Waals surface area contributed by atoms with Gasteiger partial charge in [0, 0.05) is 11.3 Å². The van der Waals surface area contributed by atoms with E-state index in [1.54, 1.807) is 6.07 Å². The van der Waals surface area contributed by atoms with Crippen molar-refractivity contribution >= 4 is 17.2 Å². The monoisotopic (exact) mass is 327 g/mol. The quantitative estimate of drug-likeness (QED) is 0.754. The van der Waals surface area contributed by atoms with Gasteiger partial charge in [0.1, 0.15) is 15.7 Å². The molecule has 0 aliphatic carbocycles. The van der Waals surface area contributed by atoms with Crippen LogP contribution in [-0.2, 0) is 6.54 Å². The highest BCUT2D eigenvalue weighted by molar-refractivity contribution is 7.14. The van der Waals surface area contributed by atoms with Crippen molar-refractivity contribution in [3.63, 3.8) is 0 Å². The van der Waals surface area contributed by atoms with E-state index in [1.807, 2.05) is 44.2 Å². The van der Waals surface area contributed by atoms with Gasteiger partial charge < -0.3 is 5.32 Å². The van der Waals surface area contributed by atoms with E-state index in [4.69, 9.17) is 0 Å². The molecule has 118 valence electrons. The number of nitrogens with zero attached hydrogens (tertiary/aromatic N) is 3. The Labute approximate surface area is 138 Å². The topological polar surface area (TPSA) is 83.6 Å². The van der Waals surface area contributed by atoms with Crippen LogP contribution in [0.5, 0.6) is 0 Å². The highest BCUT2D eigenvalue weighted by Gasteiger charge is 2.13. The van der Waals surface area contributed by atoms with E-state index in [0.717, 1.165) is 21.3 Å². The minimum absolute atomic E-state index is 0.218. The maximum Gasteiger partial charge on any atom is 0.272 e. The van der Waals surface area contributed by atoms with E-state index in [2.05, 4.69) is 25.7 Å². The smallest absolute Gasteiger partial charge is 0.272 e. The normalized spacial score (nSPS) is 10.9. The maximum absolute atomic E-state index is 12.1. The summed E-state index contributed by atoms with van der Waals surface area (Å²) in [5.41, 5.74) is 2.36. The van der Waals surface area contributed by atoms with Crippen molar-refractivity contribution in [2.75, 3.05) is 0 Å². The third-order valence-electron chi connectivity index (χ3n) is 3.34. The Kier molecular flexibility index (Phi) is 4.47. The lowest BCUT2D eigenvalue weighted by Crippen LogP contribution is -2.23. The number of carbonyl (C=O) groups is 1. The summed E-state index contributed by atoms with van der Waals surface area (Å²) in [5.74, 6) is 0.0882. The molecule has 0 spiro atoms. The average molecular weight is 327 g/mol. The van der Waals surface area contributed by atoms with Gasteiger partial charge in [0.25, 0.3) is 5.91 Å². The van der Waals surface area contributed by atoms with E-state index in [-0.39, 0.29) is 5.91 Å². The molecular weight excluding hydrogens is 310 g/mol. The molecule has 23 heavy (non-hydrogen) atoms. The number of amides is 1. The van der Waals surface area contributed by atoms with Crippen LogP contribution in [0.4, 0.5) is 0 Å². The molecule has 3 rings (SSSR count). The van der Waals surface area contributed by atoms with Gasteiger partial charge in [-0.25, -0.2) is 0 Å². The van der Waals surface area contributed by atoms with Gasteiger partial charge in [-0.05, 0) is 12.0 Å². The van der Waals surface area contributed by atoms with Crippen molar-refractivity contribution in [3.8, 4) is 10.6 Å². The van der Waals surface area contributed by atoms with E-state index >= 15 is 0 Å². The molecule has 0 aliphatic rings. The number of benzene rings is 1. The molecule has 0 radical (unpaired) electrons. The second-order valence-electron chi connectivity index (χ2n) is 5.41. The first kappa shape index (κ1) is 15.4. The fourth-order valence-corrected chi connectivity index (χ4v) is 2.80. The third-order valence-corrected chi connectivity index (χ3v) is 4.31. The zero-order valence-electron chi connectivity index (χ0n) is 12.9. The molecule has 6 nitrogen and oxygen atoms in total. The maximum atomic E-state index is 12.1. The largest absolute Gasteiger partial charge is 0.344 e. The van der Waals surface area contributed by atoms with Gasteiger partial charge in [-0.2, -0.15) is 5.10 Å². The summed E-state index contributed by atoms with van der Waals surface area (Å²) in [5, 5.41) is 19.6. The van der Waals surface area contributed by atoms with Gasteiger partial charge in [-0.3, -0.25) is 9.89 Å². The van der Waals surface area contributed by atoms with Crippen LogP contribution in [0.15, 0.2) is 36.4 Å². The van der Waals surface area contributed by atoms with E-state index in [0.29, 0.717) is 18.2 Å². The lowest BCUT2D eigenvalue weighted by atomic mass is 10.1. The number of H-pyrrole nitrogens is 1. The Hall–Kier alpha value is -2.54. The number of aromatic amines is 1. The van der Waals surface area contributed by atoms with Crippen LogP contribution < -0.4 is 5.32 Å². The highest BCUT2D eigenvalue weighted by Crippen LogP contribution is 2.22. The van der Waals surface area contributed by atoms with Crippen molar-refractivity contribution in [3.05, 3.63) is 52.8 Å². The molecule has 1 aromatic carbocycles. The molecule has 0 saturated carbocycles. The summed E-state index contributed by atoms with van der Waals surface area (Å²) in [6.07, 6.45) is 0. The standard InChI is InChI=1S/C16H17N5OS/c1-10(2)12-8-13(19-18-12)15(22)17-9-14-20-21-16(23-14)11-6-4-3-5-7-11/h3-8,10H,9H2,1-2H3,(H,17,22)(H,18,19). The fourth-order valence-electron chi connectivity index (χ4n) is 2.02. The van der Waals surface area contributed by atoms with Crippen LogP contribution >= 0.6 is 11.3 Å². The summed E-state index contributed by atoms with van der Waals surface area (Å²) in [6, 6.07) is 11.6. The summed E-state index contributed by atoms with van der Waals surface area (Å²) >= 11 is 1.47. The molecule has 0 bridgehead atoms. The predicted octanol–water partition coefficient (Wildman–Crippen LogP) is 2.98. The third kappa shape index (κ3) is 3.62. The Morgan fingerprint density at radius 3 is 2.74 bits per heavy atom. The van der Waals surface area contributed by atoms with Gasteiger partial charge in [-0.15, -0.1) is 10.2 Å². The number of aromatic nitrogens is 4. The van der Waals surface area contributed by atoms with Crippen molar-refractivity contribution in [1.82, 2.24) is 25.7 Å². The molecule has 7 heteroatoms. The molecule has 0 fully saturated rings. The summed E-state index contributed by atoms with van der Waals surface area (Å²) in [6.45, 7) is 4.43. The molecule has 2 N–H and O–H groups in total. The Morgan fingerprint density at radius 1 is 1.26 bits per heavy atom. The molecule has 2 heterocycles. The first-order chi connectivity index (χ1) is 11.1. The number of nitrogens with one attached hydrogen (secondary N) is 2. The lowest BCUT2D eigenvalue weighted by Gasteiger charge is -1.99. The highest BCUT2D eigenvalue weighted by atomic mass is 32.1. The number of hydrogen-bond acceptors (Lipinski definition) is 5. The van der Waals surface area contributed by atoms with Gasteiger partial charge >= 0.3 is 0 Å². The van der Waals surface area contributed by atoms with Gasteiger partial charge in [0.05, 0.1) is 6.54 Å². The summed E-state index contributed by atoms with van der Waals surface area (Å²) in [7, 11) is 0. The van der Waals surface area contributed by atoms with Gasteiger partial charge in [-0.1, -0.05) is 55.5 Å². The van der Waals surface area contributed by atoms with Crippen molar-refractivity contribution < 1.29 is 4.79 Å². The zero-order valence-corrected chi connectivity index (χ0v) is 13.7. The van der Waals surface area contributed by atoms with E-state index in [9.17, 15) is 4.79 Å². The van der Waals surface area contributed by atoms with E-state index in [1.165, 1.54) is 11.3 Å². The number of hydrogen-bond donors (Lipinski definition) is 2. The van der Waals surface area contributed by atoms with Crippen LogP contribution in [0, 0.1) is 0 Å². The molecular formula is C16H17N5OS. The van der Waals surface area contributed by atoms with Crippen LogP contribution in [0.1, 0.15) is 41.0 Å². The predicted molar refractivity (Wildman–Crippen MR) is 89.2 cm³/mol. The minimum atomic E-state index is -0.218. The molecule has 0 unspecified atom stereocenters. The minimum Gasteiger partial charge on any atom is -0.344 e. The summed E-state index contributed by atoms with van der Waals surface area (Å²) < 4.78 is 0. The van der Waals surface area contributed by atoms with Crippen LogP contribution in [0.25, 0.3) is 10.6 Å².